The lowest BCUT2D eigenvalue weighted by molar-refractivity contribution is 0.298. The number of aryl methyl sites for hydroxylation is 1. The van der Waals surface area contributed by atoms with Crippen molar-refractivity contribution < 1.29 is 4.74 Å². The SMILES string of the molecule is Cc1cccc(OCCn2c(-c3cccc(N)c3)csc2=O)c1. The summed E-state index contributed by atoms with van der Waals surface area (Å²) in [6.07, 6.45) is 0. The number of nitrogen functional groups attached to an aromatic ring is 1. The van der Waals surface area contributed by atoms with Crippen molar-refractivity contribution in [2.75, 3.05) is 12.3 Å². The van der Waals surface area contributed by atoms with E-state index in [9.17, 15) is 4.79 Å². The first-order valence-electron chi connectivity index (χ1n) is 7.37. The van der Waals surface area contributed by atoms with Gasteiger partial charge in [-0.3, -0.25) is 9.36 Å². The molecule has 0 spiro atoms. The molecule has 0 radical (unpaired) electrons. The summed E-state index contributed by atoms with van der Waals surface area (Å²) in [5.74, 6) is 0.818. The van der Waals surface area contributed by atoms with Gasteiger partial charge in [0.15, 0.2) is 0 Å². The van der Waals surface area contributed by atoms with Crippen LogP contribution in [0.1, 0.15) is 5.56 Å². The molecule has 1 aromatic heterocycles. The Morgan fingerprint density at radius 3 is 2.78 bits per heavy atom. The second kappa shape index (κ2) is 6.71. The predicted octanol–water partition coefficient (Wildman–Crippen LogP) is 3.55. The summed E-state index contributed by atoms with van der Waals surface area (Å²) in [7, 11) is 0. The molecule has 0 saturated heterocycles. The Labute approximate surface area is 138 Å². The van der Waals surface area contributed by atoms with Crippen LogP contribution >= 0.6 is 11.3 Å². The van der Waals surface area contributed by atoms with E-state index in [0.717, 1.165) is 22.6 Å². The maximum absolute atomic E-state index is 12.1. The maximum Gasteiger partial charge on any atom is 0.307 e. The normalized spacial score (nSPS) is 10.7. The molecule has 0 atom stereocenters. The minimum Gasteiger partial charge on any atom is -0.492 e. The molecule has 0 unspecified atom stereocenters. The third-order valence-corrected chi connectivity index (χ3v) is 4.30. The molecule has 0 bridgehead atoms. The minimum atomic E-state index is 0.00951. The molecule has 1 heterocycles. The Balaban J connectivity index is 1.76. The van der Waals surface area contributed by atoms with Crippen molar-refractivity contribution in [3.05, 3.63) is 69.1 Å². The summed E-state index contributed by atoms with van der Waals surface area (Å²) in [4.78, 5) is 12.1. The first kappa shape index (κ1) is 15.4. The fraction of sp³-hybridized carbons (Fsp3) is 0.167. The number of thiazole rings is 1. The van der Waals surface area contributed by atoms with Crippen molar-refractivity contribution in [1.82, 2.24) is 4.57 Å². The van der Waals surface area contributed by atoms with Crippen molar-refractivity contribution >= 4 is 17.0 Å². The van der Waals surface area contributed by atoms with Crippen LogP contribution in [0.3, 0.4) is 0 Å². The predicted molar refractivity (Wildman–Crippen MR) is 95.1 cm³/mol. The van der Waals surface area contributed by atoms with E-state index in [1.165, 1.54) is 11.3 Å². The van der Waals surface area contributed by atoms with Crippen LogP contribution in [0, 0.1) is 6.92 Å². The standard InChI is InChI=1S/C18H18N2O2S/c1-13-4-2-7-16(10-13)22-9-8-20-17(12-23-18(20)21)14-5-3-6-15(19)11-14/h2-7,10-12H,8-9,19H2,1H3. The molecule has 0 fully saturated rings. The quantitative estimate of drug-likeness (QED) is 0.730. The lowest BCUT2D eigenvalue weighted by atomic mass is 10.1. The van der Waals surface area contributed by atoms with Gasteiger partial charge in [-0.25, -0.2) is 0 Å². The molecular weight excluding hydrogens is 308 g/mol. The highest BCUT2D eigenvalue weighted by Crippen LogP contribution is 2.22. The van der Waals surface area contributed by atoms with Crippen LogP contribution < -0.4 is 15.3 Å². The van der Waals surface area contributed by atoms with Gasteiger partial charge in [0.25, 0.3) is 0 Å². The van der Waals surface area contributed by atoms with Gasteiger partial charge in [-0.05, 0) is 36.8 Å². The average molecular weight is 326 g/mol. The molecule has 2 aromatic carbocycles. The van der Waals surface area contributed by atoms with E-state index in [-0.39, 0.29) is 4.87 Å². The van der Waals surface area contributed by atoms with Gasteiger partial charge in [-0.15, -0.1) is 0 Å². The van der Waals surface area contributed by atoms with Gasteiger partial charge in [0, 0.05) is 16.6 Å². The van der Waals surface area contributed by atoms with Crippen molar-refractivity contribution in [1.29, 1.82) is 0 Å². The summed E-state index contributed by atoms with van der Waals surface area (Å²) in [5, 5.41) is 1.86. The molecule has 3 rings (SSSR count). The average Bonchev–Trinajstić information content (AvgIpc) is 2.89. The number of rotatable bonds is 5. The number of hydrogen-bond donors (Lipinski definition) is 1. The molecule has 5 heteroatoms. The van der Waals surface area contributed by atoms with Crippen molar-refractivity contribution in [3.8, 4) is 17.0 Å². The van der Waals surface area contributed by atoms with Crippen LogP contribution in [0.4, 0.5) is 5.69 Å². The van der Waals surface area contributed by atoms with Crippen molar-refractivity contribution in [3.63, 3.8) is 0 Å². The van der Waals surface area contributed by atoms with Crippen LogP contribution in [0.25, 0.3) is 11.3 Å². The van der Waals surface area contributed by atoms with Crippen LogP contribution in [0.5, 0.6) is 5.75 Å². The van der Waals surface area contributed by atoms with Gasteiger partial charge in [0.1, 0.15) is 12.4 Å². The third-order valence-electron chi connectivity index (χ3n) is 3.54. The monoisotopic (exact) mass is 326 g/mol. The summed E-state index contributed by atoms with van der Waals surface area (Å²) in [6, 6.07) is 15.4. The highest BCUT2D eigenvalue weighted by molar-refractivity contribution is 7.07. The highest BCUT2D eigenvalue weighted by atomic mass is 32.1. The number of aromatic nitrogens is 1. The molecule has 3 aromatic rings. The Morgan fingerprint density at radius 1 is 1.17 bits per heavy atom. The van der Waals surface area contributed by atoms with E-state index in [0.29, 0.717) is 18.8 Å². The smallest absolute Gasteiger partial charge is 0.307 e. The fourth-order valence-corrected chi connectivity index (χ4v) is 3.22. The molecule has 0 saturated carbocycles. The van der Waals surface area contributed by atoms with E-state index in [2.05, 4.69) is 0 Å². The van der Waals surface area contributed by atoms with E-state index in [1.807, 2.05) is 60.8 Å². The second-order valence-corrected chi connectivity index (χ2v) is 6.15. The van der Waals surface area contributed by atoms with Gasteiger partial charge in [0.05, 0.1) is 12.2 Å². The van der Waals surface area contributed by atoms with Gasteiger partial charge < -0.3 is 10.5 Å². The van der Waals surface area contributed by atoms with Gasteiger partial charge in [-0.1, -0.05) is 35.6 Å². The molecule has 0 aliphatic carbocycles. The van der Waals surface area contributed by atoms with E-state index in [1.54, 1.807) is 4.57 Å². The van der Waals surface area contributed by atoms with E-state index in [4.69, 9.17) is 10.5 Å². The number of ether oxygens (including phenoxy) is 1. The Kier molecular flexibility index (Phi) is 4.48. The third kappa shape index (κ3) is 3.63. The summed E-state index contributed by atoms with van der Waals surface area (Å²) < 4.78 is 7.48. The molecule has 23 heavy (non-hydrogen) atoms. The van der Waals surface area contributed by atoms with Crippen molar-refractivity contribution in [2.24, 2.45) is 0 Å². The number of nitrogens with zero attached hydrogens (tertiary/aromatic N) is 1. The zero-order chi connectivity index (χ0) is 16.2. The van der Waals surface area contributed by atoms with Crippen molar-refractivity contribution in [2.45, 2.75) is 13.5 Å². The number of nitrogens with two attached hydrogens (primary N) is 1. The lowest BCUT2D eigenvalue weighted by Gasteiger charge is -2.10. The van der Waals surface area contributed by atoms with Gasteiger partial charge in [-0.2, -0.15) is 0 Å². The zero-order valence-electron chi connectivity index (χ0n) is 12.9. The van der Waals surface area contributed by atoms with Gasteiger partial charge in [0.2, 0.25) is 0 Å². The Hall–Kier alpha value is -2.53. The summed E-state index contributed by atoms with van der Waals surface area (Å²) in [5.41, 5.74) is 9.49. The fourth-order valence-electron chi connectivity index (χ4n) is 2.43. The highest BCUT2D eigenvalue weighted by Gasteiger charge is 2.09. The molecule has 2 N–H and O–H groups in total. The minimum absolute atomic E-state index is 0.00951. The molecule has 0 aliphatic heterocycles. The molecule has 0 amide bonds. The lowest BCUT2D eigenvalue weighted by Crippen LogP contribution is -2.18. The second-order valence-electron chi connectivity index (χ2n) is 5.33. The van der Waals surface area contributed by atoms with Crippen LogP contribution in [-0.4, -0.2) is 11.2 Å². The Bertz CT molecular complexity index is 867. The van der Waals surface area contributed by atoms with Crippen LogP contribution in [0.15, 0.2) is 58.7 Å². The number of anilines is 1. The first-order valence-corrected chi connectivity index (χ1v) is 8.25. The van der Waals surface area contributed by atoms with Crippen LogP contribution in [0.2, 0.25) is 0 Å². The summed E-state index contributed by atoms with van der Waals surface area (Å²) >= 11 is 1.19. The van der Waals surface area contributed by atoms with Gasteiger partial charge >= 0.3 is 4.87 Å². The van der Waals surface area contributed by atoms with Crippen LogP contribution in [-0.2, 0) is 6.54 Å². The topological polar surface area (TPSA) is 57.2 Å². The molecule has 118 valence electrons. The van der Waals surface area contributed by atoms with E-state index < -0.39 is 0 Å². The molecule has 4 nitrogen and oxygen atoms in total. The number of hydrogen-bond acceptors (Lipinski definition) is 4. The first-order chi connectivity index (χ1) is 11.1. The summed E-state index contributed by atoms with van der Waals surface area (Å²) in [6.45, 7) is 2.96. The largest absolute Gasteiger partial charge is 0.492 e. The molecule has 0 aliphatic rings. The maximum atomic E-state index is 12.1. The zero-order valence-corrected chi connectivity index (χ0v) is 13.7. The van der Waals surface area contributed by atoms with E-state index >= 15 is 0 Å². The Morgan fingerprint density at radius 2 is 2.00 bits per heavy atom. The molecular formula is C18H18N2O2S. The number of benzene rings is 2.